The molecule has 0 radical (unpaired) electrons. The number of hydrogen-bond acceptors (Lipinski definition) is 7. The van der Waals surface area contributed by atoms with Gasteiger partial charge in [0.2, 0.25) is 5.91 Å². The molecule has 0 unspecified atom stereocenters. The number of carbonyl (C=O) groups is 2. The van der Waals surface area contributed by atoms with Gasteiger partial charge in [0, 0.05) is 31.8 Å². The highest BCUT2D eigenvalue weighted by Gasteiger charge is 2.33. The Hall–Kier alpha value is -3.82. The minimum Gasteiger partial charge on any atom is -0.466 e. The van der Waals surface area contributed by atoms with Gasteiger partial charge in [-0.25, -0.2) is 9.67 Å². The van der Waals surface area contributed by atoms with Crippen LogP contribution in [0.25, 0.3) is 11.4 Å². The second-order valence-electron chi connectivity index (χ2n) is 9.62. The highest BCUT2D eigenvalue weighted by molar-refractivity contribution is 5.98. The van der Waals surface area contributed by atoms with Gasteiger partial charge in [0.25, 0.3) is 5.56 Å². The van der Waals surface area contributed by atoms with E-state index in [0.29, 0.717) is 43.9 Å². The van der Waals surface area contributed by atoms with Gasteiger partial charge in [0.15, 0.2) is 0 Å². The van der Waals surface area contributed by atoms with Crippen molar-refractivity contribution in [3.05, 3.63) is 57.8 Å². The minimum absolute atomic E-state index is 0.0694. The lowest BCUT2D eigenvalue weighted by Gasteiger charge is -2.33. The Morgan fingerprint density at radius 3 is 2.68 bits per heavy atom. The van der Waals surface area contributed by atoms with E-state index in [2.05, 4.69) is 17.2 Å². The fourth-order valence-corrected chi connectivity index (χ4v) is 4.99. The van der Waals surface area contributed by atoms with Gasteiger partial charge < -0.3 is 14.2 Å². The highest BCUT2D eigenvalue weighted by atomic mass is 16.5. The zero-order valence-corrected chi connectivity index (χ0v) is 22.6. The Morgan fingerprint density at radius 1 is 1.13 bits per heavy atom. The van der Waals surface area contributed by atoms with Crippen LogP contribution in [0.1, 0.15) is 63.4 Å². The molecular weight excluding hydrogens is 484 g/mol. The number of aromatic nitrogens is 5. The Kier molecular flexibility index (Phi) is 8.70. The van der Waals surface area contributed by atoms with E-state index in [0.717, 1.165) is 41.9 Å². The van der Waals surface area contributed by atoms with Crippen LogP contribution in [0.4, 0.5) is 5.69 Å². The molecule has 4 rings (SSSR count). The van der Waals surface area contributed by atoms with Crippen LogP contribution < -0.4 is 10.5 Å². The summed E-state index contributed by atoms with van der Waals surface area (Å²) in [6.45, 7) is 7.07. The molecule has 0 saturated carbocycles. The van der Waals surface area contributed by atoms with Crippen LogP contribution in [-0.4, -0.2) is 49.6 Å². The summed E-state index contributed by atoms with van der Waals surface area (Å²) in [5, 5.41) is 8.58. The molecule has 3 aromatic rings. The number of rotatable bonds is 10. The predicted molar refractivity (Wildman–Crippen MR) is 144 cm³/mol. The molecule has 0 aromatic carbocycles. The third-order valence-corrected chi connectivity index (χ3v) is 6.93. The lowest BCUT2D eigenvalue weighted by Crippen LogP contribution is -2.42. The summed E-state index contributed by atoms with van der Waals surface area (Å²) in [5.41, 5.74) is 4.55. The molecule has 1 atom stereocenters. The number of hydrogen-bond donors (Lipinski definition) is 0. The maximum absolute atomic E-state index is 13.3. The lowest BCUT2D eigenvalue weighted by molar-refractivity contribution is -0.146. The highest BCUT2D eigenvalue weighted by Crippen LogP contribution is 2.31. The summed E-state index contributed by atoms with van der Waals surface area (Å²) in [6.07, 6.45) is 5.97. The number of ether oxygens (including phenoxy) is 1. The van der Waals surface area contributed by atoms with Crippen molar-refractivity contribution >= 4 is 17.6 Å². The van der Waals surface area contributed by atoms with Gasteiger partial charge in [-0.2, -0.15) is 0 Å². The number of pyridine rings is 2. The van der Waals surface area contributed by atoms with E-state index in [9.17, 15) is 14.4 Å². The zero-order valence-electron chi connectivity index (χ0n) is 22.6. The molecule has 10 nitrogen and oxygen atoms in total. The van der Waals surface area contributed by atoms with E-state index in [1.54, 1.807) is 34.2 Å². The van der Waals surface area contributed by atoms with Gasteiger partial charge in [-0.1, -0.05) is 31.5 Å². The van der Waals surface area contributed by atoms with E-state index >= 15 is 0 Å². The van der Waals surface area contributed by atoms with Crippen LogP contribution in [0.3, 0.4) is 0 Å². The Morgan fingerprint density at radius 2 is 1.95 bits per heavy atom. The first-order valence-electron chi connectivity index (χ1n) is 13.4. The maximum atomic E-state index is 13.3. The summed E-state index contributed by atoms with van der Waals surface area (Å²) >= 11 is 0. The molecule has 1 aliphatic heterocycles. The largest absolute Gasteiger partial charge is 0.466 e. The summed E-state index contributed by atoms with van der Waals surface area (Å²) < 4.78 is 8.42. The Bertz CT molecular complexity index is 1360. The van der Waals surface area contributed by atoms with E-state index < -0.39 is 0 Å². The number of nitrogens with zero attached hydrogens (tertiary/aromatic N) is 6. The molecule has 202 valence electrons. The van der Waals surface area contributed by atoms with Gasteiger partial charge in [-0.05, 0) is 50.3 Å². The van der Waals surface area contributed by atoms with Crippen LogP contribution in [0.15, 0.2) is 35.3 Å². The van der Waals surface area contributed by atoms with Crippen LogP contribution in [0.2, 0.25) is 0 Å². The van der Waals surface area contributed by atoms with Gasteiger partial charge in [0.1, 0.15) is 5.69 Å². The Labute approximate surface area is 222 Å². The summed E-state index contributed by atoms with van der Waals surface area (Å²) in [7, 11) is 1.80. The van der Waals surface area contributed by atoms with E-state index in [-0.39, 0.29) is 29.8 Å². The molecule has 0 bridgehead atoms. The van der Waals surface area contributed by atoms with Crippen LogP contribution >= 0.6 is 0 Å². The molecule has 10 heteroatoms. The average molecular weight is 521 g/mol. The molecule has 38 heavy (non-hydrogen) atoms. The molecule has 0 aliphatic carbocycles. The van der Waals surface area contributed by atoms with Gasteiger partial charge in [-0.3, -0.25) is 14.4 Å². The van der Waals surface area contributed by atoms with Gasteiger partial charge in [-0.15, -0.1) is 5.10 Å². The molecule has 1 saturated heterocycles. The fourth-order valence-electron chi connectivity index (χ4n) is 4.99. The van der Waals surface area contributed by atoms with Crippen molar-refractivity contribution in [3.63, 3.8) is 0 Å². The van der Waals surface area contributed by atoms with Crippen LogP contribution in [0, 0.1) is 5.92 Å². The summed E-state index contributed by atoms with van der Waals surface area (Å²) in [4.78, 5) is 44.5. The van der Waals surface area contributed by atoms with Crippen molar-refractivity contribution in [3.8, 4) is 11.4 Å². The van der Waals surface area contributed by atoms with E-state index in [4.69, 9.17) is 9.72 Å². The number of anilines is 1. The Balaban J connectivity index is 1.62. The number of piperidine rings is 1. The summed E-state index contributed by atoms with van der Waals surface area (Å²) in [6, 6.07) is 7.22. The summed E-state index contributed by atoms with van der Waals surface area (Å²) in [5.74, 6) is -0.799. The third kappa shape index (κ3) is 5.84. The molecule has 0 spiro atoms. The standard InChI is InChI=1S/C28H36N6O4/c1-5-9-19-11-14-25(35)33(17-19)18-24-27(30-31-32(24)4)22-12-13-23(21(6-2)29-22)34-15-8-10-20(28(34)37)16-26(36)38-7-3/h11-14,17,20H,5-10,15-16,18H2,1-4H3/t20-/m1/s1. The average Bonchev–Trinajstić information content (AvgIpc) is 3.27. The molecule has 0 N–H and O–H groups in total. The molecule has 1 aliphatic rings. The first-order valence-corrected chi connectivity index (χ1v) is 13.4. The maximum Gasteiger partial charge on any atom is 0.306 e. The van der Waals surface area contributed by atoms with Crippen molar-refractivity contribution in [1.82, 2.24) is 24.5 Å². The van der Waals surface area contributed by atoms with Crippen LogP contribution in [-0.2, 0) is 40.8 Å². The van der Waals surface area contributed by atoms with Crippen molar-refractivity contribution < 1.29 is 14.3 Å². The molecule has 1 fully saturated rings. The molecule has 1 amide bonds. The van der Waals surface area contributed by atoms with Crippen molar-refractivity contribution in [2.45, 2.75) is 65.8 Å². The van der Waals surface area contributed by atoms with Crippen molar-refractivity contribution in [2.75, 3.05) is 18.1 Å². The zero-order chi connectivity index (χ0) is 27.2. The molecule has 3 aromatic heterocycles. The monoisotopic (exact) mass is 520 g/mol. The first-order chi connectivity index (χ1) is 18.4. The normalized spacial score (nSPS) is 15.6. The van der Waals surface area contributed by atoms with Crippen LogP contribution in [0.5, 0.6) is 0 Å². The topological polar surface area (TPSA) is 112 Å². The van der Waals surface area contributed by atoms with Crippen molar-refractivity contribution in [2.24, 2.45) is 13.0 Å². The number of esters is 1. The SMILES string of the molecule is CCCc1ccc(=O)n(Cc2c(-c3ccc(N4CCC[C@H](CC(=O)OCC)C4=O)c(CC)n3)nnn2C)c1. The first kappa shape index (κ1) is 27.2. The quantitative estimate of drug-likeness (QED) is 0.377. The third-order valence-electron chi connectivity index (χ3n) is 6.93. The van der Waals surface area contributed by atoms with Crippen molar-refractivity contribution in [1.29, 1.82) is 0 Å². The smallest absolute Gasteiger partial charge is 0.306 e. The van der Waals surface area contributed by atoms with Gasteiger partial charge in [0.05, 0.1) is 42.3 Å². The molecular formula is C28H36N6O4. The molecule has 4 heterocycles. The van der Waals surface area contributed by atoms with Gasteiger partial charge >= 0.3 is 5.97 Å². The second kappa shape index (κ2) is 12.1. The number of carbonyl (C=O) groups excluding carboxylic acids is 2. The van der Waals surface area contributed by atoms with E-state index in [1.807, 2.05) is 31.3 Å². The number of amides is 1. The van der Waals surface area contributed by atoms with E-state index in [1.165, 1.54) is 0 Å². The lowest BCUT2D eigenvalue weighted by atomic mass is 9.93. The second-order valence-corrected chi connectivity index (χ2v) is 9.62. The number of aryl methyl sites for hydroxylation is 3. The minimum atomic E-state index is -0.388. The fraction of sp³-hybridized carbons (Fsp3) is 0.500. The predicted octanol–water partition coefficient (Wildman–Crippen LogP) is 3.30.